The molecule has 0 aliphatic rings. The van der Waals surface area contributed by atoms with Crippen molar-refractivity contribution >= 4 is 17.6 Å². The van der Waals surface area contributed by atoms with Gasteiger partial charge in [0, 0.05) is 12.5 Å². The van der Waals surface area contributed by atoms with Crippen LogP contribution in [0.2, 0.25) is 0 Å². The Bertz CT molecular complexity index is 337. The molecular weight excluding hydrogens is 236 g/mol. The molecule has 0 spiro atoms. The molecule has 0 saturated carbocycles. The first-order valence-corrected chi connectivity index (χ1v) is 5.91. The fourth-order valence-electron chi connectivity index (χ4n) is 1.86. The van der Waals surface area contributed by atoms with Gasteiger partial charge in [-0.1, -0.05) is 19.0 Å². The third-order valence-corrected chi connectivity index (χ3v) is 3.12. The van der Waals surface area contributed by atoms with Crippen LogP contribution in [0.5, 0.6) is 0 Å². The normalized spacial score (nSPS) is 14.1. The van der Waals surface area contributed by atoms with Gasteiger partial charge in [0.2, 0.25) is 11.8 Å². The second-order valence-electron chi connectivity index (χ2n) is 4.32. The van der Waals surface area contributed by atoms with E-state index in [-0.39, 0.29) is 24.2 Å². The molecular formula is C11H22N4O3. The largest absolute Gasteiger partial charge is 0.409 e. The van der Waals surface area contributed by atoms with Crippen molar-refractivity contribution in [3.05, 3.63) is 0 Å². The minimum absolute atomic E-state index is 0.0470. The van der Waals surface area contributed by atoms with Crippen molar-refractivity contribution in [1.82, 2.24) is 5.32 Å². The summed E-state index contributed by atoms with van der Waals surface area (Å²) in [6.07, 6.45) is 0.842. The molecule has 0 aromatic rings. The van der Waals surface area contributed by atoms with Gasteiger partial charge in [-0.05, 0) is 19.8 Å². The average Bonchev–Trinajstić information content (AvgIpc) is 2.29. The molecule has 6 N–H and O–H groups in total. The van der Waals surface area contributed by atoms with Crippen LogP contribution in [0.3, 0.4) is 0 Å². The molecule has 1 unspecified atom stereocenters. The third kappa shape index (κ3) is 3.61. The second kappa shape index (κ2) is 6.83. The van der Waals surface area contributed by atoms with E-state index in [4.69, 9.17) is 16.7 Å². The van der Waals surface area contributed by atoms with Gasteiger partial charge in [-0.25, -0.2) is 0 Å². The molecule has 0 aromatic heterocycles. The van der Waals surface area contributed by atoms with Gasteiger partial charge in [-0.3, -0.25) is 9.59 Å². The van der Waals surface area contributed by atoms with Gasteiger partial charge >= 0.3 is 0 Å². The van der Waals surface area contributed by atoms with Gasteiger partial charge in [-0.2, -0.15) is 0 Å². The maximum Gasteiger partial charge on any atom is 0.234 e. The summed E-state index contributed by atoms with van der Waals surface area (Å²) < 4.78 is 0. The summed E-state index contributed by atoms with van der Waals surface area (Å²) in [5.41, 5.74) is 9.59. The van der Waals surface area contributed by atoms with Crippen molar-refractivity contribution in [3.8, 4) is 0 Å². The Morgan fingerprint density at radius 2 is 1.83 bits per heavy atom. The Morgan fingerprint density at radius 3 is 2.17 bits per heavy atom. The number of hydrogen-bond acceptors (Lipinski definition) is 4. The van der Waals surface area contributed by atoms with Gasteiger partial charge in [0.25, 0.3) is 0 Å². The zero-order valence-corrected chi connectivity index (χ0v) is 11.1. The molecule has 0 saturated heterocycles. The molecule has 0 bridgehead atoms. The maximum atomic E-state index is 12.2. The SMILES string of the molecule is CCC(CC)(C(=O)NC(C)CC(N)=O)C(N)=NO. The number of amidine groups is 1. The Hall–Kier alpha value is -1.79. The Kier molecular flexibility index (Phi) is 6.15. The highest BCUT2D eigenvalue weighted by molar-refractivity contribution is 6.06. The molecule has 0 aliphatic carbocycles. The fourth-order valence-corrected chi connectivity index (χ4v) is 1.86. The van der Waals surface area contributed by atoms with Crippen LogP contribution < -0.4 is 16.8 Å². The van der Waals surface area contributed by atoms with Crippen molar-refractivity contribution in [2.45, 2.75) is 46.1 Å². The van der Waals surface area contributed by atoms with E-state index >= 15 is 0 Å². The summed E-state index contributed by atoms with van der Waals surface area (Å²) in [5.74, 6) is -0.988. The van der Waals surface area contributed by atoms with Crippen LogP contribution >= 0.6 is 0 Å². The van der Waals surface area contributed by atoms with Crippen LogP contribution in [0, 0.1) is 5.41 Å². The van der Waals surface area contributed by atoms with E-state index in [2.05, 4.69) is 10.5 Å². The summed E-state index contributed by atoms with van der Waals surface area (Å²) in [5, 5.41) is 14.4. The fraction of sp³-hybridized carbons (Fsp3) is 0.727. The number of carbonyl (C=O) groups excluding carboxylic acids is 2. The van der Waals surface area contributed by atoms with Gasteiger partial charge in [0.1, 0.15) is 5.41 Å². The number of primary amides is 1. The van der Waals surface area contributed by atoms with E-state index in [0.29, 0.717) is 12.8 Å². The molecule has 7 nitrogen and oxygen atoms in total. The zero-order valence-electron chi connectivity index (χ0n) is 11.1. The number of oxime groups is 1. The summed E-state index contributed by atoms with van der Waals surface area (Å²) in [6, 6.07) is -0.390. The van der Waals surface area contributed by atoms with E-state index < -0.39 is 11.3 Å². The average molecular weight is 258 g/mol. The first-order chi connectivity index (χ1) is 8.33. The Labute approximate surface area is 107 Å². The van der Waals surface area contributed by atoms with Crippen LogP contribution in [0.15, 0.2) is 5.16 Å². The first kappa shape index (κ1) is 16.2. The van der Waals surface area contributed by atoms with E-state index in [1.54, 1.807) is 20.8 Å². The quantitative estimate of drug-likeness (QED) is 0.220. The van der Waals surface area contributed by atoms with Gasteiger partial charge in [0.05, 0.1) is 0 Å². The highest BCUT2D eigenvalue weighted by Gasteiger charge is 2.40. The number of nitrogens with one attached hydrogen (secondary N) is 1. The monoisotopic (exact) mass is 258 g/mol. The molecule has 0 radical (unpaired) electrons. The van der Waals surface area contributed by atoms with Crippen LogP contribution in [-0.4, -0.2) is 28.9 Å². The Balaban J connectivity index is 4.94. The number of nitrogens with two attached hydrogens (primary N) is 2. The molecule has 2 amide bonds. The van der Waals surface area contributed by atoms with E-state index in [1.165, 1.54) is 0 Å². The molecule has 0 rings (SSSR count). The number of nitrogens with zero attached hydrogens (tertiary/aromatic N) is 1. The number of carbonyl (C=O) groups is 2. The van der Waals surface area contributed by atoms with Crippen molar-refractivity contribution < 1.29 is 14.8 Å². The van der Waals surface area contributed by atoms with Crippen LogP contribution in [0.1, 0.15) is 40.0 Å². The molecule has 0 heterocycles. The highest BCUT2D eigenvalue weighted by Crippen LogP contribution is 2.27. The number of hydrogen-bond donors (Lipinski definition) is 4. The molecule has 0 aliphatic heterocycles. The van der Waals surface area contributed by atoms with Crippen molar-refractivity contribution in [2.75, 3.05) is 0 Å². The van der Waals surface area contributed by atoms with Crippen molar-refractivity contribution in [2.24, 2.45) is 22.0 Å². The predicted octanol–water partition coefficient (Wildman–Crippen LogP) is -0.0807. The van der Waals surface area contributed by atoms with Crippen LogP contribution in [0.4, 0.5) is 0 Å². The van der Waals surface area contributed by atoms with E-state index in [0.717, 1.165) is 0 Å². The zero-order chi connectivity index (χ0) is 14.3. The molecule has 0 aromatic carbocycles. The minimum atomic E-state index is -1.05. The van der Waals surface area contributed by atoms with Gasteiger partial charge in [-0.15, -0.1) is 0 Å². The standard InChI is InChI=1S/C11H22N4O3/c1-4-11(5-2,9(13)15-18)10(17)14-7(3)6-8(12)16/h7,18H,4-6H2,1-3H3,(H2,12,16)(H2,13,15)(H,14,17). The maximum absolute atomic E-state index is 12.2. The summed E-state index contributed by atoms with van der Waals surface area (Å²) in [6.45, 7) is 5.23. The smallest absolute Gasteiger partial charge is 0.234 e. The second-order valence-corrected chi connectivity index (χ2v) is 4.32. The molecule has 7 heteroatoms. The van der Waals surface area contributed by atoms with E-state index in [1.807, 2.05) is 0 Å². The first-order valence-electron chi connectivity index (χ1n) is 5.91. The molecule has 1 atom stereocenters. The molecule has 0 fully saturated rings. The predicted molar refractivity (Wildman–Crippen MR) is 67.8 cm³/mol. The third-order valence-electron chi connectivity index (χ3n) is 3.12. The van der Waals surface area contributed by atoms with Crippen LogP contribution in [-0.2, 0) is 9.59 Å². The van der Waals surface area contributed by atoms with Gasteiger partial charge in [0.15, 0.2) is 5.84 Å². The summed E-state index contributed by atoms with van der Waals surface area (Å²) in [4.78, 5) is 22.9. The number of rotatable bonds is 7. The Morgan fingerprint density at radius 1 is 1.33 bits per heavy atom. The number of amides is 2. The van der Waals surface area contributed by atoms with Crippen LogP contribution in [0.25, 0.3) is 0 Å². The molecule has 104 valence electrons. The van der Waals surface area contributed by atoms with Crippen molar-refractivity contribution in [1.29, 1.82) is 0 Å². The summed E-state index contributed by atoms with van der Waals surface area (Å²) >= 11 is 0. The minimum Gasteiger partial charge on any atom is -0.409 e. The lowest BCUT2D eigenvalue weighted by molar-refractivity contribution is -0.128. The lowest BCUT2D eigenvalue weighted by atomic mass is 9.80. The van der Waals surface area contributed by atoms with E-state index in [9.17, 15) is 9.59 Å². The summed E-state index contributed by atoms with van der Waals surface area (Å²) in [7, 11) is 0. The topological polar surface area (TPSA) is 131 Å². The lowest BCUT2D eigenvalue weighted by Crippen LogP contribution is -2.51. The highest BCUT2D eigenvalue weighted by atomic mass is 16.4. The van der Waals surface area contributed by atoms with Gasteiger partial charge < -0.3 is 22.0 Å². The molecule has 18 heavy (non-hydrogen) atoms. The lowest BCUT2D eigenvalue weighted by Gasteiger charge is -2.30. The van der Waals surface area contributed by atoms with Crippen molar-refractivity contribution in [3.63, 3.8) is 0 Å².